The van der Waals surface area contributed by atoms with Gasteiger partial charge in [0.15, 0.2) is 11.5 Å². The Morgan fingerprint density at radius 1 is 1.36 bits per heavy atom. The molecule has 3 aliphatic rings. The molecule has 0 aliphatic carbocycles. The molecule has 33 heavy (non-hydrogen) atoms. The molecule has 2 fully saturated rings. The highest BCUT2D eigenvalue weighted by Crippen LogP contribution is 2.42. The average molecular weight is 481 g/mol. The van der Waals surface area contributed by atoms with Crippen LogP contribution in [0.4, 0.5) is 15.3 Å². The zero-order chi connectivity index (χ0) is 23.7. The third-order valence-corrected chi connectivity index (χ3v) is 7.39. The Labute approximate surface area is 192 Å². The highest BCUT2D eigenvalue weighted by molar-refractivity contribution is 8.00. The molecule has 1 aromatic carbocycles. The van der Waals surface area contributed by atoms with Crippen LogP contribution in [0.2, 0.25) is 0 Å². The predicted molar refractivity (Wildman–Crippen MR) is 114 cm³/mol. The lowest BCUT2D eigenvalue weighted by atomic mass is 10.0. The molecule has 3 amide bonds. The van der Waals surface area contributed by atoms with Crippen molar-refractivity contribution >= 4 is 35.5 Å². The molecule has 4 atom stereocenters. The highest BCUT2D eigenvalue weighted by atomic mass is 32.2. The summed E-state index contributed by atoms with van der Waals surface area (Å²) in [5, 5.41) is 23.2. The largest absolute Gasteiger partial charge is 0.481 e. The molecule has 2 saturated heterocycles. The summed E-state index contributed by atoms with van der Waals surface area (Å²) < 4.78 is 15.9. The number of urea groups is 1. The first-order valence-electron chi connectivity index (χ1n) is 10.5. The van der Waals surface area contributed by atoms with Gasteiger partial charge in [-0.3, -0.25) is 14.9 Å². The fraction of sp³-hybridized carbons (Fsp3) is 0.550. The van der Waals surface area contributed by atoms with Crippen molar-refractivity contribution < 1.29 is 38.6 Å². The number of carbonyl (C=O) groups excluding carboxylic acids is 2. The molecule has 13 heteroatoms. The van der Waals surface area contributed by atoms with Gasteiger partial charge in [-0.2, -0.15) is 11.8 Å². The van der Waals surface area contributed by atoms with Crippen molar-refractivity contribution in [3.05, 3.63) is 27.8 Å². The zero-order valence-electron chi connectivity index (χ0n) is 17.7. The number of hydrogen-bond acceptors (Lipinski definition) is 9. The fourth-order valence-electron chi connectivity index (χ4n) is 4.27. The first kappa shape index (κ1) is 23.0. The van der Waals surface area contributed by atoms with Gasteiger partial charge in [0.05, 0.1) is 28.6 Å². The smallest absolute Gasteiger partial charge is 0.418 e. The van der Waals surface area contributed by atoms with Crippen molar-refractivity contribution in [2.75, 3.05) is 12.5 Å². The summed E-state index contributed by atoms with van der Waals surface area (Å²) in [5.41, 5.74) is -0.146. The number of hydrogen-bond donors (Lipinski definition) is 2. The second kappa shape index (κ2) is 9.33. The van der Waals surface area contributed by atoms with Gasteiger partial charge >= 0.3 is 18.1 Å². The highest BCUT2D eigenvalue weighted by Gasteiger charge is 2.51. The maximum Gasteiger partial charge on any atom is 0.418 e. The Morgan fingerprint density at radius 3 is 2.79 bits per heavy atom. The number of nitro benzene ring substituents is 1. The van der Waals surface area contributed by atoms with E-state index in [2.05, 4.69) is 5.32 Å². The summed E-state index contributed by atoms with van der Waals surface area (Å²) >= 11 is 1.62. The van der Waals surface area contributed by atoms with Gasteiger partial charge in [0.1, 0.15) is 6.10 Å². The number of nitro groups is 1. The topological polar surface area (TPSA) is 158 Å². The van der Waals surface area contributed by atoms with E-state index in [4.69, 9.17) is 19.3 Å². The quantitative estimate of drug-likeness (QED) is 0.245. The Balaban J connectivity index is 1.41. The van der Waals surface area contributed by atoms with Crippen LogP contribution in [0, 0.1) is 10.1 Å². The van der Waals surface area contributed by atoms with Crippen molar-refractivity contribution in [3.63, 3.8) is 0 Å². The number of thioether (sulfide) groups is 1. The number of benzene rings is 1. The Morgan fingerprint density at radius 2 is 2.09 bits per heavy atom. The van der Waals surface area contributed by atoms with E-state index in [9.17, 15) is 24.5 Å². The number of aliphatic carboxylic acids is 1. The van der Waals surface area contributed by atoms with Gasteiger partial charge in [-0.15, -0.1) is 0 Å². The summed E-state index contributed by atoms with van der Waals surface area (Å²) in [6.07, 6.45) is 0.183. The molecule has 0 unspecified atom stereocenters. The minimum atomic E-state index is -1.01. The normalized spacial score (nSPS) is 23.7. The van der Waals surface area contributed by atoms with E-state index in [1.165, 1.54) is 19.1 Å². The standard InChI is InChI=1S/C20H23N3O9S/c1-10(11-6-14-15(31-9-30-14)7-12(11)23(28)29)32-20(27)22-13-8-33-16(18(13)21-19(22)26)4-2-3-5-17(24)25/h6-7,10,13,16,18H,2-5,8-9H2,1H3,(H,21,26)(H,24,25)/t10-,13+,16-,18+/m1/s1. The lowest BCUT2D eigenvalue weighted by Crippen LogP contribution is -2.42. The summed E-state index contributed by atoms with van der Waals surface area (Å²) in [7, 11) is 0. The van der Waals surface area contributed by atoms with E-state index in [1.807, 2.05) is 0 Å². The molecule has 178 valence electrons. The number of nitrogens with zero attached hydrogens (tertiary/aromatic N) is 2. The Kier molecular flexibility index (Phi) is 6.49. The molecule has 0 aromatic heterocycles. The first-order valence-corrected chi connectivity index (χ1v) is 11.5. The van der Waals surface area contributed by atoms with Gasteiger partial charge in [0, 0.05) is 17.4 Å². The molecule has 0 saturated carbocycles. The van der Waals surface area contributed by atoms with Crippen LogP contribution < -0.4 is 14.8 Å². The number of fused-ring (bicyclic) bond motifs is 2. The van der Waals surface area contributed by atoms with E-state index in [0.29, 0.717) is 24.3 Å². The number of imide groups is 1. The molecule has 2 N–H and O–H groups in total. The number of ether oxygens (including phenoxy) is 3. The van der Waals surface area contributed by atoms with E-state index < -0.39 is 35.2 Å². The Bertz CT molecular complexity index is 988. The monoisotopic (exact) mass is 481 g/mol. The van der Waals surface area contributed by atoms with E-state index in [-0.39, 0.29) is 41.5 Å². The van der Waals surface area contributed by atoms with Gasteiger partial charge in [-0.1, -0.05) is 6.42 Å². The van der Waals surface area contributed by atoms with E-state index >= 15 is 0 Å². The molecular formula is C20H23N3O9S. The van der Waals surface area contributed by atoms with Gasteiger partial charge in [0.2, 0.25) is 6.79 Å². The van der Waals surface area contributed by atoms with Crippen LogP contribution in [-0.4, -0.2) is 62.9 Å². The number of amides is 3. The van der Waals surface area contributed by atoms with Crippen LogP contribution >= 0.6 is 11.8 Å². The maximum absolute atomic E-state index is 12.9. The maximum atomic E-state index is 12.9. The summed E-state index contributed by atoms with van der Waals surface area (Å²) in [6, 6.07) is 1.40. The molecule has 0 bridgehead atoms. The second-order valence-corrected chi connectivity index (χ2v) is 9.24. The predicted octanol–water partition coefficient (Wildman–Crippen LogP) is 3.04. The lowest BCUT2D eigenvalue weighted by Gasteiger charge is -2.22. The van der Waals surface area contributed by atoms with Crippen LogP contribution in [0.3, 0.4) is 0 Å². The molecular weight excluding hydrogens is 458 g/mol. The number of rotatable bonds is 8. The van der Waals surface area contributed by atoms with Gasteiger partial charge in [-0.05, 0) is 25.8 Å². The van der Waals surface area contributed by atoms with E-state index in [0.717, 1.165) is 11.3 Å². The fourth-order valence-corrected chi connectivity index (χ4v) is 5.86. The summed E-state index contributed by atoms with van der Waals surface area (Å²) in [5.74, 6) is 0.242. The van der Waals surface area contributed by atoms with Crippen LogP contribution in [-0.2, 0) is 9.53 Å². The number of carboxylic acid groups (broad SMARTS) is 1. The number of nitrogens with one attached hydrogen (secondary N) is 1. The SMILES string of the molecule is C[C@@H](OC(=O)N1C(=O)N[C@@H]2[C@@H](CCCCC(=O)O)SC[C@@H]21)c1cc2c(cc1[N+](=O)[O-])OCO2. The summed E-state index contributed by atoms with van der Waals surface area (Å²) in [6.45, 7) is 1.43. The number of unbranched alkanes of at least 4 members (excludes halogenated alkanes) is 1. The van der Waals surface area contributed by atoms with Crippen molar-refractivity contribution in [2.45, 2.75) is 56.0 Å². The average Bonchev–Trinajstić information content (AvgIpc) is 3.44. The van der Waals surface area contributed by atoms with Crippen molar-refractivity contribution in [1.29, 1.82) is 0 Å². The minimum absolute atomic E-state index is 0.0593. The minimum Gasteiger partial charge on any atom is -0.481 e. The van der Waals surface area contributed by atoms with Crippen LogP contribution in [0.5, 0.6) is 11.5 Å². The molecule has 0 radical (unpaired) electrons. The third-order valence-electron chi connectivity index (χ3n) is 5.90. The Hall–Kier alpha value is -3.22. The first-order chi connectivity index (χ1) is 15.8. The van der Waals surface area contributed by atoms with Crippen molar-refractivity contribution in [2.24, 2.45) is 0 Å². The van der Waals surface area contributed by atoms with Crippen LogP contribution in [0.1, 0.15) is 44.3 Å². The van der Waals surface area contributed by atoms with E-state index in [1.54, 1.807) is 11.8 Å². The summed E-state index contributed by atoms with van der Waals surface area (Å²) in [4.78, 5) is 48.0. The molecule has 1 aromatic rings. The molecule has 0 spiro atoms. The molecule has 3 aliphatic heterocycles. The van der Waals surface area contributed by atoms with Gasteiger partial charge < -0.3 is 24.6 Å². The van der Waals surface area contributed by atoms with Gasteiger partial charge in [-0.25, -0.2) is 14.5 Å². The van der Waals surface area contributed by atoms with Gasteiger partial charge in [0.25, 0.3) is 5.69 Å². The molecule has 4 rings (SSSR count). The molecule has 3 heterocycles. The van der Waals surface area contributed by atoms with Crippen LogP contribution in [0.15, 0.2) is 12.1 Å². The van der Waals surface area contributed by atoms with Crippen molar-refractivity contribution in [1.82, 2.24) is 10.2 Å². The number of carbonyl (C=O) groups is 3. The molecule has 12 nitrogen and oxygen atoms in total. The van der Waals surface area contributed by atoms with Crippen LogP contribution in [0.25, 0.3) is 0 Å². The lowest BCUT2D eigenvalue weighted by molar-refractivity contribution is -0.386. The second-order valence-electron chi connectivity index (χ2n) is 7.97. The number of carboxylic acids is 1. The third kappa shape index (κ3) is 4.63. The zero-order valence-corrected chi connectivity index (χ0v) is 18.5. The van der Waals surface area contributed by atoms with Crippen molar-refractivity contribution in [3.8, 4) is 11.5 Å².